The Kier molecular flexibility index (Phi) is 4.92. The number of ether oxygens (including phenoxy) is 1. The van der Waals surface area contributed by atoms with Gasteiger partial charge in [-0.15, -0.1) is 0 Å². The Morgan fingerprint density at radius 3 is 2.52 bits per heavy atom. The van der Waals surface area contributed by atoms with Crippen LogP contribution < -0.4 is 0 Å². The Labute approximate surface area is 157 Å². The van der Waals surface area contributed by atoms with Crippen molar-refractivity contribution in [3.05, 3.63) is 71.4 Å². The summed E-state index contributed by atoms with van der Waals surface area (Å²) in [5, 5.41) is 1.04. The molecular formula is C22H22N2O3. The number of fused-ring (bicyclic) bond motifs is 1. The van der Waals surface area contributed by atoms with Crippen molar-refractivity contribution in [2.24, 2.45) is 0 Å². The van der Waals surface area contributed by atoms with Crippen LogP contribution in [0.4, 0.5) is 0 Å². The van der Waals surface area contributed by atoms with Gasteiger partial charge in [-0.25, -0.2) is 0 Å². The lowest BCUT2D eigenvalue weighted by Gasteiger charge is -2.15. The molecule has 27 heavy (non-hydrogen) atoms. The van der Waals surface area contributed by atoms with Gasteiger partial charge in [0.15, 0.2) is 0 Å². The zero-order valence-corrected chi connectivity index (χ0v) is 15.1. The monoisotopic (exact) mass is 362 g/mol. The average molecular weight is 362 g/mol. The summed E-state index contributed by atoms with van der Waals surface area (Å²) in [5.74, 6) is -0.188. The molecule has 2 heterocycles. The second-order valence-electron chi connectivity index (χ2n) is 6.89. The van der Waals surface area contributed by atoms with E-state index in [0.29, 0.717) is 5.56 Å². The van der Waals surface area contributed by atoms with Crippen LogP contribution in [0.3, 0.4) is 0 Å². The van der Waals surface area contributed by atoms with Crippen LogP contribution >= 0.6 is 0 Å². The van der Waals surface area contributed by atoms with Gasteiger partial charge in [0.05, 0.1) is 6.42 Å². The fourth-order valence-electron chi connectivity index (χ4n) is 3.49. The zero-order chi connectivity index (χ0) is 18.6. The van der Waals surface area contributed by atoms with Crippen molar-refractivity contribution in [2.75, 3.05) is 13.1 Å². The van der Waals surface area contributed by atoms with Crippen molar-refractivity contribution in [1.82, 2.24) is 9.88 Å². The fourth-order valence-corrected chi connectivity index (χ4v) is 3.49. The predicted octanol–water partition coefficient (Wildman–Crippen LogP) is 3.69. The molecule has 1 N–H and O–H groups in total. The van der Waals surface area contributed by atoms with Crippen molar-refractivity contribution in [2.45, 2.75) is 25.9 Å². The third-order valence-electron chi connectivity index (χ3n) is 5.00. The van der Waals surface area contributed by atoms with Crippen LogP contribution in [0.25, 0.3) is 10.9 Å². The normalized spacial score (nSPS) is 13.9. The van der Waals surface area contributed by atoms with Crippen LogP contribution in [0.15, 0.2) is 54.7 Å². The molecule has 4 rings (SSSR count). The first-order chi connectivity index (χ1) is 13.2. The summed E-state index contributed by atoms with van der Waals surface area (Å²) in [6.45, 7) is 1.89. The van der Waals surface area contributed by atoms with Crippen molar-refractivity contribution < 1.29 is 14.3 Å². The molecule has 1 aliphatic heterocycles. The van der Waals surface area contributed by atoms with Gasteiger partial charge in [0.1, 0.15) is 6.61 Å². The zero-order valence-electron chi connectivity index (χ0n) is 15.1. The molecule has 5 heteroatoms. The number of para-hydroxylation sites is 1. The number of nitrogens with zero attached hydrogens (tertiary/aromatic N) is 1. The molecular weight excluding hydrogens is 340 g/mol. The standard InChI is InChI=1S/C22H22N2O3/c25-21(13-18-14-23-20-6-2-1-5-19(18)20)27-15-16-7-9-17(10-8-16)22(26)24-11-3-4-12-24/h1-2,5-10,14,23H,3-4,11-13,15H2. The summed E-state index contributed by atoms with van der Waals surface area (Å²) in [6.07, 6.45) is 4.24. The lowest BCUT2D eigenvalue weighted by atomic mass is 10.1. The van der Waals surface area contributed by atoms with E-state index < -0.39 is 0 Å². The topological polar surface area (TPSA) is 62.4 Å². The molecule has 138 valence electrons. The van der Waals surface area contributed by atoms with Crippen LogP contribution in [0.2, 0.25) is 0 Å². The molecule has 1 saturated heterocycles. The maximum Gasteiger partial charge on any atom is 0.310 e. The Bertz CT molecular complexity index is 953. The van der Waals surface area contributed by atoms with Crippen LogP contribution in [-0.4, -0.2) is 34.8 Å². The first-order valence-corrected chi connectivity index (χ1v) is 9.29. The van der Waals surface area contributed by atoms with E-state index in [9.17, 15) is 9.59 Å². The molecule has 0 aliphatic carbocycles. The second kappa shape index (κ2) is 7.66. The van der Waals surface area contributed by atoms with Gasteiger partial charge in [-0.1, -0.05) is 30.3 Å². The third-order valence-corrected chi connectivity index (χ3v) is 5.00. The Balaban J connectivity index is 1.33. The number of aromatic nitrogens is 1. The van der Waals surface area contributed by atoms with Gasteiger partial charge in [0.2, 0.25) is 0 Å². The number of nitrogens with one attached hydrogen (secondary N) is 1. The van der Waals surface area contributed by atoms with Gasteiger partial charge < -0.3 is 14.6 Å². The van der Waals surface area contributed by atoms with Gasteiger partial charge >= 0.3 is 5.97 Å². The quantitative estimate of drug-likeness (QED) is 0.704. The van der Waals surface area contributed by atoms with E-state index in [1.165, 1.54) is 0 Å². The summed E-state index contributed by atoms with van der Waals surface area (Å²) in [6, 6.07) is 15.2. The number of benzene rings is 2. The first kappa shape index (κ1) is 17.3. The fraction of sp³-hybridized carbons (Fsp3) is 0.273. The van der Waals surface area contributed by atoms with E-state index in [0.717, 1.165) is 48.0 Å². The summed E-state index contributed by atoms with van der Waals surface area (Å²) in [7, 11) is 0. The van der Waals surface area contributed by atoms with E-state index >= 15 is 0 Å². The van der Waals surface area contributed by atoms with Crippen LogP contribution in [-0.2, 0) is 22.6 Å². The van der Waals surface area contributed by atoms with E-state index in [2.05, 4.69) is 4.98 Å². The molecule has 5 nitrogen and oxygen atoms in total. The SMILES string of the molecule is O=C(Cc1c[nH]c2ccccc12)OCc1ccc(C(=O)N2CCCC2)cc1. The molecule has 2 aromatic carbocycles. The highest BCUT2D eigenvalue weighted by Crippen LogP contribution is 2.19. The average Bonchev–Trinajstić information content (AvgIpc) is 3.37. The molecule has 0 radical (unpaired) electrons. The molecule has 0 unspecified atom stereocenters. The molecule has 1 fully saturated rings. The number of likely N-dealkylation sites (tertiary alicyclic amines) is 1. The van der Waals surface area contributed by atoms with E-state index in [-0.39, 0.29) is 24.9 Å². The number of esters is 1. The Morgan fingerprint density at radius 2 is 1.74 bits per heavy atom. The minimum Gasteiger partial charge on any atom is -0.461 e. The van der Waals surface area contributed by atoms with E-state index in [1.807, 2.05) is 59.6 Å². The van der Waals surface area contributed by atoms with Gasteiger partial charge in [0, 0.05) is 35.8 Å². The summed E-state index contributed by atoms with van der Waals surface area (Å²) < 4.78 is 5.40. The number of aromatic amines is 1. The van der Waals surface area contributed by atoms with Gasteiger partial charge in [0.25, 0.3) is 5.91 Å². The van der Waals surface area contributed by atoms with Crippen LogP contribution in [0.1, 0.15) is 34.3 Å². The highest BCUT2D eigenvalue weighted by molar-refractivity contribution is 5.94. The Hall–Kier alpha value is -3.08. The Morgan fingerprint density at radius 1 is 1.00 bits per heavy atom. The summed E-state index contributed by atoms with van der Waals surface area (Å²) >= 11 is 0. The molecule has 0 saturated carbocycles. The minimum absolute atomic E-state index is 0.0791. The van der Waals surface area contributed by atoms with Crippen molar-refractivity contribution >= 4 is 22.8 Å². The highest BCUT2D eigenvalue weighted by atomic mass is 16.5. The van der Waals surface area contributed by atoms with Gasteiger partial charge in [-0.3, -0.25) is 9.59 Å². The van der Waals surface area contributed by atoms with Crippen LogP contribution in [0.5, 0.6) is 0 Å². The minimum atomic E-state index is -0.267. The van der Waals surface area contributed by atoms with E-state index in [4.69, 9.17) is 4.74 Å². The van der Waals surface area contributed by atoms with Crippen LogP contribution in [0, 0.1) is 0 Å². The smallest absolute Gasteiger partial charge is 0.310 e. The van der Waals surface area contributed by atoms with Crippen molar-refractivity contribution in [3.8, 4) is 0 Å². The summed E-state index contributed by atoms with van der Waals surface area (Å²) in [5.41, 5.74) is 3.51. The van der Waals surface area contributed by atoms with E-state index in [1.54, 1.807) is 0 Å². The number of carbonyl (C=O) groups excluding carboxylic acids is 2. The number of hydrogen-bond donors (Lipinski definition) is 1. The molecule has 0 bridgehead atoms. The molecule has 1 aromatic heterocycles. The number of H-pyrrole nitrogens is 1. The number of hydrogen-bond acceptors (Lipinski definition) is 3. The van der Waals surface area contributed by atoms with Gasteiger partial charge in [-0.05, 0) is 42.2 Å². The maximum atomic E-state index is 12.3. The number of rotatable bonds is 5. The molecule has 0 atom stereocenters. The highest BCUT2D eigenvalue weighted by Gasteiger charge is 2.19. The largest absolute Gasteiger partial charge is 0.461 e. The van der Waals surface area contributed by atoms with Crippen molar-refractivity contribution in [1.29, 1.82) is 0 Å². The lowest BCUT2D eigenvalue weighted by Crippen LogP contribution is -2.27. The first-order valence-electron chi connectivity index (χ1n) is 9.29. The van der Waals surface area contributed by atoms with Gasteiger partial charge in [-0.2, -0.15) is 0 Å². The summed E-state index contributed by atoms with van der Waals surface area (Å²) in [4.78, 5) is 29.6. The van der Waals surface area contributed by atoms with Crippen molar-refractivity contribution in [3.63, 3.8) is 0 Å². The molecule has 0 spiro atoms. The predicted molar refractivity (Wildman–Crippen MR) is 103 cm³/mol. The second-order valence-corrected chi connectivity index (χ2v) is 6.89. The maximum absolute atomic E-state index is 12.3. The molecule has 1 aliphatic rings. The molecule has 1 amide bonds. The lowest BCUT2D eigenvalue weighted by molar-refractivity contribution is -0.144. The number of carbonyl (C=O) groups is 2. The molecule has 3 aromatic rings. The number of amides is 1. The third kappa shape index (κ3) is 3.87.